The molecule has 1 heterocycles. The molecule has 17 heavy (non-hydrogen) atoms. The number of rotatable bonds is 5. The summed E-state index contributed by atoms with van der Waals surface area (Å²) in [5.41, 5.74) is 5.62. The van der Waals surface area contributed by atoms with Gasteiger partial charge in [0.1, 0.15) is 0 Å². The van der Waals surface area contributed by atoms with Crippen LogP contribution in [0.15, 0.2) is 0 Å². The Labute approximate surface area is 108 Å². The first kappa shape index (κ1) is 14.4. The predicted octanol–water partition coefficient (Wildman–Crippen LogP) is 0.918. The zero-order valence-corrected chi connectivity index (χ0v) is 11.4. The van der Waals surface area contributed by atoms with E-state index in [1.807, 2.05) is 6.92 Å². The molecule has 98 valence electrons. The number of aliphatic hydroxyl groups is 1. The number of hydrogen-bond donors (Lipinski definition) is 2. The monoisotopic (exact) mass is 258 g/mol. The van der Waals surface area contributed by atoms with Gasteiger partial charge in [0.15, 0.2) is 0 Å². The number of nitrogens with two attached hydrogens (primary N) is 1. The van der Waals surface area contributed by atoms with Gasteiger partial charge in [0.2, 0.25) is 5.91 Å². The van der Waals surface area contributed by atoms with Gasteiger partial charge in [-0.05, 0) is 19.8 Å². The number of nitrogens with zero attached hydrogens (tertiary/aromatic N) is 1. The van der Waals surface area contributed by atoms with E-state index in [1.54, 1.807) is 11.8 Å². The summed E-state index contributed by atoms with van der Waals surface area (Å²) in [6, 6.07) is 0. The van der Waals surface area contributed by atoms with E-state index in [0.717, 1.165) is 12.8 Å². The van der Waals surface area contributed by atoms with Crippen molar-refractivity contribution in [1.82, 2.24) is 4.90 Å². The minimum absolute atomic E-state index is 0.0301. The standard InChI is InChI=1S/C12H22N2O2S/c1-3-4-10(11(13)17)12(16)14-6-5-9(7-14)8(2)15/h8-10,15H,3-7H2,1-2H3,(H2,13,17). The summed E-state index contributed by atoms with van der Waals surface area (Å²) in [5.74, 6) is -0.113. The van der Waals surface area contributed by atoms with Crippen LogP contribution in [0.1, 0.15) is 33.1 Å². The zero-order chi connectivity index (χ0) is 13.0. The van der Waals surface area contributed by atoms with Gasteiger partial charge in [-0.25, -0.2) is 0 Å². The second-order valence-corrected chi connectivity index (χ2v) is 5.29. The first-order valence-corrected chi connectivity index (χ1v) is 6.64. The molecule has 0 aromatic rings. The van der Waals surface area contributed by atoms with Crippen LogP contribution in [0.3, 0.4) is 0 Å². The molecule has 0 aromatic heterocycles. The van der Waals surface area contributed by atoms with Gasteiger partial charge in [0, 0.05) is 19.0 Å². The number of carbonyl (C=O) groups is 1. The van der Waals surface area contributed by atoms with Crippen LogP contribution in [0.25, 0.3) is 0 Å². The largest absolute Gasteiger partial charge is 0.393 e. The molecule has 1 aliphatic heterocycles. The Bertz CT molecular complexity index is 294. The normalized spacial score (nSPS) is 23.5. The summed E-state index contributed by atoms with van der Waals surface area (Å²) >= 11 is 4.96. The molecule has 0 spiro atoms. The van der Waals surface area contributed by atoms with E-state index in [4.69, 9.17) is 18.0 Å². The van der Waals surface area contributed by atoms with Gasteiger partial charge >= 0.3 is 0 Å². The van der Waals surface area contributed by atoms with E-state index in [0.29, 0.717) is 19.5 Å². The highest BCUT2D eigenvalue weighted by atomic mass is 32.1. The van der Waals surface area contributed by atoms with Crippen LogP contribution < -0.4 is 5.73 Å². The molecule has 3 N–H and O–H groups in total. The predicted molar refractivity (Wildman–Crippen MR) is 71.6 cm³/mol. The number of amides is 1. The molecule has 1 saturated heterocycles. The molecule has 4 nitrogen and oxygen atoms in total. The average molecular weight is 258 g/mol. The summed E-state index contributed by atoms with van der Waals surface area (Å²) in [6.45, 7) is 5.12. The highest BCUT2D eigenvalue weighted by molar-refractivity contribution is 7.80. The van der Waals surface area contributed by atoms with Crippen molar-refractivity contribution in [3.05, 3.63) is 0 Å². The molecule has 5 heteroatoms. The van der Waals surface area contributed by atoms with Gasteiger partial charge in [-0.1, -0.05) is 25.6 Å². The van der Waals surface area contributed by atoms with Crippen LogP contribution in [0.4, 0.5) is 0 Å². The first-order valence-electron chi connectivity index (χ1n) is 6.23. The van der Waals surface area contributed by atoms with E-state index < -0.39 is 0 Å². The molecule has 1 rings (SSSR count). The maximum absolute atomic E-state index is 12.2. The van der Waals surface area contributed by atoms with Crippen molar-refractivity contribution in [2.75, 3.05) is 13.1 Å². The molecule has 1 aliphatic rings. The van der Waals surface area contributed by atoms with Crippen LogP contribution in [-0.2, 0) is 4.79 Å². The molecular formula is C12H22N2O2S. The van der Waals surface area contributed by atoms with Crippen molar-refractivity contribution in [3.8, 4) is 0 Å². The highest BCUT2D eigenvalue weighted by Gasteiger charge is 2.33. The molecule has 1 fully saturated rings. The SMILES string of the molecule is CCCC(C(=O)N1CCC(C(C)O)C1)C(N)=S. The fourth-order valence-corrected chi connectivity index (χ4v) is 2.50. The molecule has 0 aliphatic carbocycles. The van der Waals surface area contributed by atoms with E-state index >= 15 is 0 Å². The Morgan fingerprint density at radius 2 is 2.29 bits per heavy atom. The zero-order valence-electron chi connectivity index (χ0n) is 10.6. The molecule has 1 amide bonds. The lowest BCUT2D eigenvalue weighted by Crippen LogP contribution is -2.40. The van der Waals surface area contributed by atoms with Crippen molar-refractivity contribution in [2.24, 2.45) is 17.6 Å². The van der Waals surface area contributed by atoms with Crippen molar-refractivity contribution in [2.45, 2.75) is 39.2 Å². The third kappa shape index (κ3) is 3.64. The van der Waals surface area contributed by atoms with Gasteiger partial charge in [0.05, 0.1) is 17.0 Å². The Morgan fingerprint density at radius 1 is 1.65 bits per heavy atom. The number of thiocarbonyl (C=S) groups is 1. The molecule has 0 radical (unpaired) electrons. The van der Waals surface area contributed by atoms with E-state index in [9.17, 15) is 9.90 Å². The fourth-order valence-electron chi connectivity index (χ4n) is 2.28. The lowest BCUT2D eigenvalue weighted by Gasteiger charge is -2.23. The minimum Gasteiger partial charge on any atom is -0.393 e. The average Bonchev–Trinajstić information content (AvgIpc) is 2.73. The fraction of sp³-hybridized carbons (Fsp3) is 0.833. The Kier molecular flexibility index (Phi) is 5.33. The summed E-state index contributed by atoms with van der Waals surface area (Å²) in [5, 5.41) is 9.51. The van der Waals surface area contributed by atoms with Gasteiger partial charge < -0.3 is 15.7 Å². The van der Waals surface area contributed by atoms with Crippen molar-refractivity contribution < 1.29 is 9.90 Å². The quantitative estimate of drug-likeness (QED) is 0.720. The maximum atomic E-state index is 12.2. The third-order valence-electron chi connectivity index (χ3n) is 3.44. The Balaban J connectivity index is 2.60. The summed E-state index contributed by atoms with van der Waals surface area (Å²) in [4.78, 5) is 14.3. The number of carbonyl (C=O) groups excluding carboxylic acids is 1. The van der Waals surface area contributed by atoms with Gasteiger partial charge in [0.25, 0.3) is 0 Å². The first-order chi connectivity index (χ1) is 7.97. The van der Waals surface area contributed by atoms with Crippen molar-refractivity contribution in [1.29, 1.82) is 0 Å². The highest BCUT2D eigenvalue weighted by Crippen LogP contribution is 2.22. The number of likely N-dealkylation sites (tertiary alicyclic amines) is 1. The Hall–Kier alpha value is -0.680. The topological polar surface area (TPSA) is 66.6 Å². The summed E-state index contributed by atoms with van der Waals surface area (Å²) in [6.07, 6.45) is 2.10. The molecule has 3 unspecified atom stereocenters. The van der Waals surface area contributed by atoms with E-state index in [2.05, 4.69) is 0 Å². The van der Waals surface area contributed by atoms with Gasteiger partial charge in [-0.3, -0.25) is 4.79 Å². The third-order valence-corrected chi connectivity index (χ3v) is 3.72. The minimum atomic E-state index is -0.359. The smallest absolute Gasteiger partial charge is 0.232 e. The summed E-state index contributed by atoms with van der Waals surface area (Å²) in [7, 11) is 0. The van der Waals surface area contributed by atoms with Crippen LogP contribution in [0.2, 0.25) is 0 Å². The Morgan fingerprint density at radius 3 is 2.71 bits per heavy atom. The van der Waals surface area contributed by atoms with E-state index in [1.165, 1.54) is 0 Å². The van der Waals surface area contributed by atoms with Gasteiger partial charge in [-0.15, -0.1) is 0 Å². The second kappa shape index (κ2) is 6.31. The van der Waals surface area contributed by atoms with Crippen LogP contribution in [0, 0.1) is 11.8 Å². The molecule has 3 atom stereocenters. The van der Waals surface area contributed by atoms with E-state index in [-0.39, 0.29) is 28.8 Å². The lowest BCUT2D eigenvalue weighted by molar-refractivity contribution is -0.132. The summed E-state index contributed by atoms with van der Waals surface area (Å²) < 4.78 is 0. The van der Waals surface area contributed by atoms with Crippen LogP contribution in [0.5, 0.6) is 0 Å². The molecule has 0 saturated carbocycles. The van der Waals surface area contributed by atoms with Crippen LogP contribution in [-0.4, -0.2) is 40.1 Å². The molecular weight excluding hydrogens is 236 g/mol. The molecule has 0 aromatic carbocycles. The van der Waals surface area contributed by atoms with Crippen LogP contribution >= 0.6 is 12.2 Å². The lowest BCUT2D eigenvalue weighted by atomic mass is 10.0. The van der Waals surface area contributed by atoms with Crippen molar-refractivity contribution >= 4 is 23.1 Å². The van der Waals surface area contributed by atoms with Gasteiger partial charge in [-0.2, -0.15) is 0 Å². The molecule has 0 bridgehead atoms. The number of aliphatic hydroxyl groups excluding tert-OH is 1. The van der Waals surface area contributed by atoms with Crippen molar-refractivity contribution in [3.63, 3.8) is 0 Å². The maximum Gasteiger partial charge on any atom is 0.232 e. The number of hydrogen-bond acceptors (Lipinski definition) is 3. The second-order valence-electron chi connectivity index (χ2n) is 4.82.